The van der Waals surface area contributed by atoms with Crippen molar-refractivity contribution >= 4 is 34.0 Å². The SMILES string of the molecule is Cc1cc(N2CCCS2(=O)=O)ccc1C(=O)NC1CCCNC1C.Cl. The standard InChI is InChI=1S/C17H25N3O3S.ClH/c1-12-11-14(20-9-4-10-24(20,22)23)6-7-15(12)17(21)19-16-5-3-8-18-13(16)2;/h6-7,11,13,16,18H,3-5,8-10H2,1-2H3,(H,19,21);1H. The number of halogens is 1. The summed E-state index contributed by atoms with van der Waals surface area (Å²) >= 11 is 0. The van der Waals surface area contributed by atoms with Crippen LogP contribution >= 0.6 is 12.4 Å². The quantitative estimate of drug-likeness (QED) is 0.829. The first-order chi connectivity index (χ1) is 11.4. The molecule has 3 rings (SSSR count). The molecule has 2 N–H and O–H groups in total. The Morgan fingerprint density at radius 2 is 2.08 bits per heavy atom. The van der Waals surface area contributed by atoms with Gasteiger partial charge in [0.15, 0.2) is 0 Å². The average molecular weight is 388 g/mol. The fraction of sp³-hybridized carbons (Fsp3) is 0.588. The fourth-order valence-corrected chi connectivity index (χ4v) is 5.03. The first-order valence-corrected chi connectivity index (χ1v) is 10.1. The third-order valence-electron chi connectivity index (χ3n) is 4.92. The number of nitrogens with one attached hydrogen (secondary N) is 2. The largest absolute Gasteiger partial charge is 0.348 e. The molecule has 0 radical (unpaired) electrons. The minimum atomic E-state index is -3.20. The van der Waals surface area contributed by atoms with Gasteiger partial charge in [-0.2, -0.15) is 0 Å². The summed E-state index contributed by atoms with van der Waals surface area (Å²) in [7, 11) is -3.20. The first kappa shape index (κ1) is 20.0. The summed E-state index contributed by atoms with van der Waals surface area (Å²) < 4.78 is 25.5. The van der Waals surface area contributed by atoms with E-state index in [1.807, 2.05) is 6.92 Å². The second kappa shape index (κ2) is 7.93. The number of aryl methyl sites for hydroxylation is 1. The van der Waals surface area contributed by atoms with Crippen LogP contribution in [0.3, 0.4) is 0 Å². The molecule has 8 heteroatoms. The second-order valence-corrected chi connectivity index (χ2v) is 8.72. The van der Waals surface area contributed by atoms with E-state index in [0.29, 0.717) is 24.2 Å². The molecule has 2 atom stereocenters. The van der Waals surface area contributed by atoms with Gasteiger partial charge in [-0.05, 0) is 63.4 Å². The van der Waals surface area contributed by atoms with E-state index >= 15 is 0 Å². The van der Waals surface area contributed by atoms with Crippen molar-refractivity contribution in [2.24, 2.45) is 0 Å². The molecule has 25 heavy (non-hydrogen) atoms. The highest BCUT2D eigenvalue weighted by atomic mass is 35.5. The van der Waals surface area contributed by atoms with E-state index < -0.39 is 10.0 Å². The molecular formula is C17H26ClN3O3S. The van der Waals surface area contributed by atoms with Gasteiger partial charge in [0, 0.05) is 24.2 Å². The van der Waals surface area contributed by atoms with Gasteiger partial charge in [-0.3, -0.25) is 9.10 Å². The highest BCUT2D eigenvalue weighted by Gasteiger charge is 2.29. The molecule has 0 bridgehead atoms. The zero-order chi connectivity index (χ0) is 17.3. The lowest BCUT2D eigenvalue weighted by molar-refractivity contribution is 0.0919. The molecule has 2 fully saturated rings. The van der Waals surface area contributed by atoms with Crippen LogP contribution in [-0.2, 0) is 10.0 Å². The minimum absolute atomic E-state index is 0. The Labute approximate surface area is 155 Å². The van der Waals surface area contributed by atoms with Crippen LogP contribution in [0.1, 0.15) is 42.1 Å². The van der Waals surface area contributed by atoms with Gasteiger partial charge in [0.2, 0.25) is 10.0 Å². The highest BCUT2D eigenvalue weighted by molar-refractivity contribution is 7.93. The number of benzene rings is 1. The molecule has 1 amide bonds. The molecule has 6 nitrogen and oxygen atoms in total. The number of hydrogen-bond acceptors (Lipinski definition) is 4. The maximum absolute atomic E-state index is 12.6. The second-order valence-electron chi connectivity index (χ2n) is 6.71. The van der Waals surface area contributed by atoms with Gasteiger partial charge in [-0.25, -0.2) is 8.42 Å². The number of piperidine rings is 1. The lowest BCUT2D eigenvalue weighted by Gasteiger charge is -2.30. The van der Waals surface area contributed by atoms with E-state index in [0.717, 1.165) is 24.9 Å². The van der Waals surface area contributed by atoms with Crippen LogP contribution in [-0.4, -0.2) is 45.3 Å². The molecule has 0 aliphatic carbocycles. The maximum atomic E-state index is 12.6. The van der Waals surface area contributed by atoms with Gasteiger partial charge in [0.1, 0.15) is 0 Å². The van der Waals surface area contributed by atoms with Crippen LogP contribution in [0.4, 0.5) is 5.69 Å². The van der Waals surface area contributed by atoms with Gasteiger partial charge in [-0.1, -0.05) is 0 Å². The topological polar surface area (TPSA) is 78.5 Å². The number of anilines is 1. The molecular weight excluding hydrogens is 362 g/mol. The lowest BCUT2D eigenvalue weighted by Crippen LogP contribution is -2.52. The van der Waals surface area contributed by atoms with E-state index in [4.69, 9.17) is 0 Å². The van der Waals surface area contributed by atoms with Crippen LogP contribution in [0.15, 0.2) is 18.2 Å². The zero-order valence-corrected chi connectivity index (χ0v) is 16.3. The molecule has 1 aromatic rings. The number of rotatable bonds is 3. The van der Waals surface area contributed by atoms with E-state index in [-0.39, 0.29) is 36.2 Å². The fourth-order valence-electron chi connectivity index (χ4n) is 3.47. The Morgan fingerprint density at radius 3 is 2.68 bits per heavy atom. The maximum Gasteiger partial charge on any atom is 0.251 e. The monoisotopic (exact) mass is 387 g/mol. The molecule has 2 aliphatic rings. The van der Waals surface area contributed by atoms with Crippen molar-refractivity contribution in [2.45, 2.75) is 45.2 Å². The van der Waals surface area contributed by atoms with Crippen LogP contribution in [0.25, 0.3) is 0 Å². The third-order valence-corrected chi connectivity index (χ3v) is 6.79. The number of carbonyl (C=O) groups excluding carboxylic acids is 1. The number of carbonyl (C=O) groups is 1. The first-order valence-electron chi connectivity index (χ1n) is 8.54. The van der Waals surface area contributed by atoms with Crippen molar-refractivity contribution in [3.8, 4) is 0 Å². The van der Waals surface area contributed by atoms with E-state index in [1.54, 1.807) is 18.2 Å². The molecule has 140 valence electrons. The van der Waals surface area contributed by atoms with Crippen molar-refractivity contribution in [3.05, 3.63) is 29.3 Å². The molecule has 0 saturated carbocycles. The molecule has 2 saturated heterocycles. The van der Waals surface area contributed by atoms with Gasteiger partial charge in [-0.15, -0.1) is 12.4 Å². The van der Waals surface area contributed by atoms with E-state index in [2.05, 4.69) is 17.6 Å². The molecule has 0 spiro atoms. The zero-order valence-electron chi connectivity index (χ0n) is 14.6. The number of nitrogens with zero attached hydrogens (tertiary/aromatic N) is 1. The Bertz CT molecular complexity index is 739. The van der Waals surface area contributed by atoms with Crippen molar-refractivity contribution < 1.29 is 13.2 Å². The summed E-state index contributed by atoms with van der Waals surface area (Å²) in [6.07, 6.45) is 2.68. The van der Waals surface area contributed by atoms with Crippen molar-refractivity contribution in [1.82, 2.24) is 10.6 Å². The summed E-state index contributed by atoms with van der Waals surface area (Å²) in [5.74, 6) is 0.102. The van der Waals surface area contributed by atoms with Crippen LogP contribution in [0.2, 0.25) is 0 Å². The van der Waals surface area contributed by atoms with Gasteiger partial charge in [0.05, 0.1) is 11.4 Å². The van der Waals surface area contributed by atoms with Crippen LogP contribution in [0.5, 0.6) is 0 Å². The molecule has 2 unspecified atom stereocenters. The van der Waals surface area contributed by atoms with Gasteiger partial charge >= 0.3 is 0 Å². The molecule has 2 aliphatic heterocycles. The third kappa shape index (κ3) is 4.27. The Morgan fingerprint density at radius 1 is 1.32 bits per heavy atom. The summed E-state index contributed by atoms with van der Waals surface area (Å²) in [5.41, 5.74) is 2.05. The molecule has 2 heterocycles. The minimum Gasteiger partial charge on any atom is -0.348 e. The predicted octanol–water partition coefficient (Wildman–Crippen LogP) is 1.83. The number of sulfonamides is 1. The normalized spacial score (nSPS) is 25.3. The number of hydrogen-bond donors (Lipinski definition) is 2. The molecule has 1 aromatic carbocycles. The molecule has 0 aromatic heterocycles. The van der Waals surface area contributed by atoms with Crippen LogP contribution in [0, 0.1) is 6.92 Å². The Balaban J connectivity index is 0.00000225. The smallest absolute Gasteiger partial charge is 0.251 e. The Kier molecular flexibility index (Phi) is 6.35. The summed E-state index contributed by atoms with van der Waals surface area (Å²) in [5, 5.41) is 6.47. The van der Waals surface area contributed by atoms with E-state index in [9.17, 15) is 13.2 Å². The Hall–Kier alpha value is -1.31. The lowest BCUT2D eigenvalue weighted by atomic mass is 9.99. The van der Waals surface area contributed by atoms with Crippen molar-refractivity contribution in [3.63, 3.8) is 0 Å². The summed E-state index contributed by atoms with van der Waals surface area (Å²) in [6.45, 7) is 5.44. The average Bonchev–Trinajstić information content (AvgIpc) is 2.88. The van der Waals surface area contributed by atoms with Crippen molar-refractivity contribution in [2.75, 3.05) is 23.1 Å². The van der Waals surface area contributed by atoms with Gasteiger partial charge in [0.25, 0.3) is 5.91 Å². The summed E-state index contributed by atoms with van der Waals surface area (Å²) in [6, 6.07) is 5.64. The van der Waals surface area contributed by atoms with Crippen molar-refractivity contribution in [1.29, 1.82) is 0 Å². The van der Waals surface area contributed by atoms with Gasteiger partial charge < -0.3 is 10.6 Å². The highest BCUT2D eigenvalue weighted by Crippen LogP contribution is 2.26. The summed E-state index contributed by atoms with van der Waals surface area (Å²) in [4.78, 5) is 12.6. The number of amides is 1. The van der Waals surface area contributed by atoms with E-state index in [1.165, 1.54) is 4.31 Å². The van der Waals surface area contributed by atoms with Crippen LogP contribution < -0.4 is 14.9 Å². The predicted molar refractivity (Wildman–Crippen MR) is 102 cm³/mol.